The monoisotopic (exact) mass is 281 g/mol. The van der Waals surface area contributed by atoms with Crippen molar-refractivity contribution >= 4 is 5.69 Å². The Morgan fingerprint density at radius 1 is 1.00 bits per heavy atom. The number of anilines is 1. The molecule has 2 N–H and O–H groups in total. The summed E-state index contributed by atoms with van der Waals surface area (Å²) >= 11 is 0. The van der Waals surface area contributed by atoms with Gasteiger partial charge < -0.3 is 14.9 Å². The molecule has 3 aromatic rings. The Kier molecular flexibility index (Phi) is 3.55. The van der Waals surface area contributed by atoms with Crippen LogP contribution in [-0.2, 0) is 6.42 Å². The first-order valence-electron chi connectivity index (χ1n) is 6.56. The van der Waals surface area contributed by atoms with Gasteiger partial charge in [-0.2, -0.15) is 0 Å². The number of hydrogen-bond donors (Lipinski definition) is 1. The molecule has 106 valence electrons. The van der Waals surface area contributed by atoms with Crippen LogP contribution < -0.4 is 10.5 Å². The van der Waals surface area contributed by atoms with E-state index in [4.69, 9.17) is 14.9 Å². The van der Waals surface area contributed by atoms with Gasteiger partial charge in [-0.05, 0) is 42.0 Å². The van der Waals surface area contributed by atoms with Crippen LogP contribution in [0.1, 0.15) is 11.5 Å². The Bertz CT molecular complexity index is 718. The molecule has 0 saturated carbocycles. The molecule has 0 atom stereocenters. The fourth-order valence-corrected chi connectivity index (χ4v) is 1.99. The van der Waals surface area contributed by atoms with Gasteiger partial charge in [0.05, 0.1) is 13.5 Å². The van der Waals surface area contributed by atoms with E-state index >= 15 is 0 Å². The number of methoxy groups -OCH3 is 1. The number of nitrogens with zero attached hydrogens (tertiary/aromatic N) is 2. The second-order valence-electron chi connectivity index (χ2n) is 4.65. The van der Waals surface area contributed by atoms with Crippen LogP contribution >= 0.6 is 0 Å². The Hall–Kier alpha value is -2.82. The highest BCUT2D eigenvalue weighted by Gasteiger charge is 2.09. The van der Waals surface area contributed by atoms with E-state index in [0.29, 0.717) is 23.9 Å². The van der Waals surface area contributed by atoms with E-state index in [1.165, 1.54) is 0 Å². The minimum absolute atomic E-state index is 0.499. The fourth-order valence-electron chi connectivity index (χ4n) is 1.99. The second-order valence-corrected chi connectivity index (χ2v) is 4.65. The molecule has 0 amide bonds. The van der Waals surface area contributed by atoms with Crippen LogP contribution in [-0.4, -0.2) is 17.3 Å². The van der Waals surface area contributed by atoms with Gasteiger partial charge in [0.15, 0.2) is 0 Å². The van der Waals surface area contributed by atoms with Crippen molar-refractivity contribution in [3.63, 3.8) is 0 Å². The molecule has 2 aromatic carbocycles. The van der Waals surface area contributed by atoms with Crippen molar-refractivity contribution in [2.45, 2.75) is 6.42 Å². The zero-order chi connectivity index (χ0) is 14.7. The highest BCUT2D eigenvalue weighted by Crippen LogP contribution is 2.20. The largest absolute Gasteiger partial charge is 0.497 e. The summed E-state index contributed by atoms with van der Waals surface area (Å²) in [4.78, 5) is 0. The number of aromatic nitrogens is 2. The maximum absolute atomic E-state index is 5.68. The van der Waals surface area contributed by atoms with Gasteiger partial charge in [0.1, 0.15) is 5.75 Å². The van der Waals surface area contributed by atoms with Crippen LogP contribution in [0.3, 0.4) is 0 Å². The molecule has 0 unspecified atom stereocenters. The van der Waals surface area contributed by atoms with Crippen LogP contribution in [0.15, 0.2) is 52.9 Å². The fraction of sp³-hybridized carbons (Fsp3) is 0.125. The third-order valence-corrected chi connectivity index (χ3v) is 3.14. The van der Waals surface area contributed by atoms with Gasteiger partial charge in [-0.1, -0.05) is 12.1 Å². The quantitative estimate of drug-likeness (QED) is 0.744. The molecule has 0 bridgehead atoms. The Morgan fingerprint density at radius 3 is 2.38 bits per heavy atom. The summed E-state index contributed by atoms with van der Waals surface area (Å²) in [6, 6.07) is 15.1. The lowest BCUT2D eigenvalue weighted by atomic mass is 10.1. The molecule has 0 aliphatic heterocycles. The molecule has 0 spiro atoms. The summed E-state index contributed by atoms with van der Waals surface area (Å²) in [6.07, 6.45) is 0.589. The summed E-state index contributed by atoms with van der Waals surface area (Å²) in [5.74, 6) is 1.90. The minimum atomic E-state index is 0.499. The van der Waals surface area contributed by atoms with E-state index in [0.717, 1.165) is 16.9 Å². The lowest BCUT2D eigenvalue weighted by molar-refractivity contribution is 0.414. The third kappa shape index (κ3) is 3.02. The number of ether oxygens (including phenoxy) is 1. The molecular weight excluding hydrogens is 266 g/mol. The van der Waals surface area contributed by atoms with Gasteiger partial charge >= 0.3 is 0 Å². The van der Waals surface area contributed by atoms with Crippen LogP contribution in [0.2, 0.25) is 0 Å². The average Bonchev–Trinajstić information content (AvgIpc) is 2.97. The molecule has 3 rings (SSSR count). The smallest absolute Gasteiger partial charge is 0.247 e. The van der Waals surface area contributed by atoms with Crippen molar-refractivity contribution in [1.82, 2.24) is 10.2 Å². The van der Waals surface area contributed by atoms with Crippen LogP contribution in [0.5, 0.6) is 5.75 Å². The van der Waals surface area contributed by atoms with E-state index < -0.39 is 0 Å². The van der Waals surface area contributed by atoms with Crippen molar-refractivity contribution in [1.29, 1.82) is 0 Å². The Labute approximate surface area is 122 Å². The van der Waals surface area contributed by atoms with E-state index in [9.17, 15) is 0 Å². The molecule has 0 saturated heterocycles. The summed E-state index contributed by atoms with van der Waals surface area (Å²) in [6.45, 7) is 0. The van der Waals surface area contributed by atoms with E-state index in [2.05, 4.69) is 10.2 Å². The predicted octanol–water partition coefficient (Wildman–Crippen LogP) is 2.92. The third-order valence-electron chi connectivity index (χ3n) is 3.14. The number of nitrogen functional groups attached to an aromatic ring is 1. The highest BCUT2D eigenvalue weighted by molar-refractivity contribution is 5.56. The van der Waals surface area contributed by atoms with Crippen LogP contribution in [0.25, 0.3) is 11.5 Å². The molecule has 0 fully saturated rings. The summed E-state index contributed by atoms with van der Waals surface area (Å²) in [7, 11) is 1.64. The van der Waals surface area contributed by atoms with Crippen LogP contribution in [0.4, 0.5) is 5.69 Å². The van der Waals surface area contributed by atoms with Gasteiger partial charge in [0.2, 0.25) is 11.8 Å². The molecular formula is C16H15N3O2. The van der Waals surface area contributed by atoms with Crippen molar-refractivity contribution in [3.8, 4) is 17.2 Å². The molecule has 0 aliphatic rings. The van der Waals surface area contributed by atoms with Crippen molar-refractivity contribution in [2.75, 3.05) is 12.8 Å². The maximum Gasteiger partial charge on any atom is 0.247 e. The maximum atomic E-state index is 5.68. The van der Waals surface area contributed by atoms with Crippen molar-refractivity contribution in [2.24, 2.45) is 0 Å². The van der Waals surface area contributed by atoms with Gasteiger partial charge in [0, 0.05) is 11.3 Å². The van der Waals surface area contributed by atoms with Gasteiger partial charge in [-0.25, -0.2) is 0 Å². The molecule has 0 radical (unpaired) electrons. The predicted molar refractivity (Wildman–Crippen MR) is 79.9 cm³/mol. The second kappa shape index (κ2) is 5.66. The summed E-state index contributed by atoms with van der Waals surface area (Å²) < 4.78 is 10.8. The summed E-state index contributed by atoms with van der Waals surface area (Å²) in [5.41, 5.74) is 8.31. The van der Waals surface area contributed by atoms with Gasteiger partial charge in [-0.3, -0.25) is 0 Å². The SMILES string of the molecule is COc1ccc(Cc2nnc(-c3ccc(N)cc3)o2)cc1. The first-order valence-corrected chi connectivity index (χ1v) is 6.56. The average molecular weight is 281 g/mol. The van der Waals surface area contributed by atoms with E-state index in [1.54, 1.807) is 7.11 Å². The number of benzene rings is 2. The number of rotatable bonds is 4. The molecule has 1 heterocycles. The zero-order valence-electron chi connectivity index (χ0n) is 11.6. The summed E-state index contributed by atoms with van der Waals surface area (Å²) in [5, 5.41) is 8.14. The minimum Gasteiger partial charge on any atom is -0.497 e. The molecule has 1 aromatic heterocycles. The van der Waals surface area contributed by atoms with Gasteiger partial charge in [0.25, 0.3) is 0 Å². The first-order chi connectivity index (χ1) is 10.2. The molecule has 21 heavy (non-hydrogen) atoms. The lowest BCUT2D eigenvalue weighted by Crippen LogP contribution is -1.89. The topological polar surface area (TPSA) is 74.2 Å². The zero-order valence-corrected chi connectivity index (χ0v) is 11.6. The van der Waals surface area contributed by atoms with Crippen LogP contribution in [0, 0.1) is 0 Å². The lowest BCUT2D eigenvalue weighted by Gasteiger charge is -2.00. The van der Waals surface area contributed by atoms with Crippen molar-refractivity contribution < 1.29 is 9.15 Å². The van der Waals surface area contributed by atoms with Gasteiger partial charge in [-0.15, -0.1) is 10.2 Å². The standard InChI is InChI=1S/C16H15N3O2/c1-20-14-8-2-11(3-9-14)10-15-18-19-16(21-15)12-4-6-13(17)7-5-12/h2-9H,10,17H2,1H3. The normalized spacial score (nSPS) is 10.5. The Balaban J connectivity index is 1.76. The molecule has 5 heteroatoms. The van der Waals surface area contributed by atoms with Crippen molar-refractivity contribution in [3.05, 3.63) is 60.0 Å². The van der Waals surface area contributed by atoms with E-state index in [-0.39, 0.29) is 0 Å². The Morgan fingerprint density at radius 2 is 1.71 bits per heavy atom. The highest BCUT2D eigenvalue weighted by atomic mass is 16.5. The number of nitrogens with two attached hydrogens (primary N) is 1. The molecule has 0 aliphatic carbocycles. The van der Waals surface area contributed by atoms with E-state index in [1.807, 2.05) is 48.5 Å². The molecule has 5 nitrogen and oxygen atoms in total. The number of hydrogen-bond acceptors (Lipinski definition) is 5. The first kappa shape index (κ1) is 13.2.